The molecule has 0 aromatic carbocycles. The molecule has 2 N–H and O–H groups in total. The lowest BCUT2D eigenvalue weighted by atomic mass is 9.80. The van der Waals surface area contributed by atoms with E-state index in [0.717, 1.165) is 0 Å². The smallest absolute Gasteiger partial charge is 0.248 e. The van der Waals surface area contributed by atoms with Gasteiger partial charge in [-0.2, -0.15) is 5.10 Å². The Kier molecular flexibility index (Phi) is 3.75. The number of hydrogen-bond acceptors (Lipinski definition) is 3. The molecule has 1 aliphatic carbocycles. The molecule has 0 amide bonds. The molecule has 0 aliphatic heterocycles. The number of rotatable bonds is 3. The lowest BCUT2D eigenvalue weighted by Crippen LogP contribution is -2.38. The molecule has 4 nitrogen and oxygen atoms in total. The van der Waals surface area contributed by atoms with Crippen LogP contribution in [-0.4, -0.2) is 32.5 Å². The minimum atomic E-state index is -2.69. The lowest BCUT2D eigenvalue weighted by Gasteiger charge is -2.36. The van der Waals surface area contributed by atoms with Crippen LogP contribution in [0.3, 0.4) is 0 Å². The van der Waals surface area contributed by atoms with Gasteiger partial charge in [-0.15, -0.1) is 0 Å². The van der Waals surface area contributed by atoms with Crippen LogP contribution >= 0.6 is 15.9 Å². The molecule has 0 atom stereocenters. The lowest BCUT2D eigenvalue weighted by molar-refractivity contribution is -0.110. The Balaban J connectivity index is 2.25. The number of nitrogens with zero attached hydrogens (tertiary/aromatic N) is 2. The fraction of sp³-hybridized carbons (Fsp3) is 0.727. The third kappa shape index (κ3) is 2.73. The Morgan fingerprint density at radius 2 is 1.94 bits per heavy atom. The second kappa shape index (κ2) is 4.86. The van der Waals surface area contributed by atoms with Gasteiger partial charge in [0, 0.05) is 12.8 Å². The minimum absolute atomic E-state index is 0.00353. The third-order valence-corrected chi connectivity index (χ3v) is 3.73. The Bertz CT molecular complexity index is 427. The van der Waals surface area contributed by atoms with Gasteiger partial charge < -0.3 is 10.2 Å². The summed E-state index contributed by atoms with van der Waals surface area (Å²) >= 11 is 3.19. The van der Waals surface area contributed by atoms with E-state index in [9.17, 15) is 13.9 Å². The first-order valence-electron chi connectivity index (χ1n) is 5.81. The Hall–Kier alpha value is -0.530. The van der Waals surface area contributed by atoms with Crippen molar-refractivity contribution in [3.8, 4) is 0 Å². The van der Waals surface area contributed by atoms with Crippen molar-refractivity contribution >= 4 is 15.9 Å². The average Bonchev–Trinajstić information content (AvgIpc) is 2.66. The maximum absolute atomic E-state index is 13.1. The molecular weight excluding hydrogens is 310 g/mol. The van der Waals surface area contributed by atoms with Gasteiger partial charge in [-0.05, 0) is 34.8 Å². The number of aromatic nitrogens is 2. The van der Waals surface area contributed by atoms with Crippen LogP contribution < -0.4 is 0 Å². The van der Waals surface area contributed by atoms with Gasteiger partial charge >= 0.3 is 0 Å². The van der Waals surface area contributed by atoms with Crippen LogP contribution in [0.5, 0.6) is 0 Å². The topological polar surface area (TPSA) is 58.3 Å². The summed E-state index contributed by atoms with van der Waals surface area (Å²) in [6.45, 7) is 0.118. The summed E-state index contributed by atoms with van der Waals surface area (Å²) in [6.07, 6.45) is -0.649. The molecule has 1 saturated carbocycles. The second-order valence-electron chi connectivity index (χ2n) is 4.69. The molecule has 0 unspecified atom stereocenters. The van der Waals surface area contributed by atoms with Crippen LogP contribution in [0.1, 0.15) is 31.4 Å². The van der Waals surface area contributed by atoms with Crippen LogP contribution in [-0.2, 0) is 12.1 Å². The molecule has 0 spiro atoms. The van der Waals surface area contributed by atoms with Crippen molar-refractivity contribution in [2.24, 2.45) is 0 Å². The largest absolute Gasteiger partial charge is 0.394 e. The van der Waals surface area contributed by atoms with E-state index in [0.29, 0.717) is 10.3 Å². The van der Waals surface area contributed by atoms with Crippen molar-refractivity contribution in [3.05, 3.63) is 16.4 Å². The predicted molar refractivity (Wildman–Crippen MR) is 64.3 cm³/mol. The first-order chi connectivity index (χ1) is 8.36. The van der Waals surface area contributed by atoms with Gasteiger partial charge in [-0.25, -0.2) is 8.78 Å². The summed E-state index contributed by atoms with van der Waals surface area (Å²) in [5.74, 6) is -2.69. The van der Waals surface area contributed by atoms with Gasteiger partial charge in [-0.3, -0.25) is 4.68 Å². The third-order valence-electron chi connectivity index (χ3n) is 3.35. The monoisotopic (exact) mass is 324 g/mol. The average molecular weight is 325 g/mol. The summed E-state index contributed by atoms with van der Waals surface area (Å²) in [7, 11) is 0. The number of alkyl halides is 2. The molecule has 1 aliphatic rings. The van der Waals surface area contributed by atoms with Crippen molar-refractivity contribution in [2.75, 3.05) is 6.61 Å². The van der Waals surface area contributed by atoms with Crippen LogP contribution in [0.25, 0.3) is 0 Å². The zero-order chi connectivity index (χ0) is 13.4. The molecule has 1 heterocycles. The van der Waals surface area contributed by atoms with Crippen molar-refractivity contribution in [3.63, 3.8) is 0 Å². The fourth-order valence-electron chi connectivity index (χ4n) is 2.31. The summed E-state index contributed by atoms with van der Waals surface area (Å²) in [6, 6.07) is 1.62. The Morgan fingerprint density at radius 3 is 2.50 bits per heavy atom. The first-order valence-corrected chi connectivity index (χ1v) is 6.60. The van der Waals surface area contributed by atoms with E-state index < -0.39 is 11.5 Å². The SMILES string of the molecule is OCCn1nc(Br)cc1C1(O)CCC(F)(F)CC1. The highest BCUT2D eigenvalue weighted by Crippen LogP contribution is 2.44. The predicted octanol–water partition coefficient (Wildman–Crippen LogP) is 2.03. The molecule has 102 valence electrons. The number of aliphatic hydroxyl groups excluding tert-OH is 1. The molecule has 0 saturated heterocycles. The maximum atomic E-state index is 13.1. The molecule has 18 heavy (non-hydrogen) atoms. The van der Waals surface area contributed by atoms with E-state index in [1.165, 1.54) is 4.68 Å². The summed E-state index contributed by atoms with van der Waals surface area (Å²) in [5, 5.41) is 23.5. The fourth-order valence-corrected chi connectivity index (χ4v) is 2.72. The van der Waals surface area contributed by atoms with Crippen LogP contribution in [0.15, 0.2) is 10.7 Å². The van der Waals surface area contributed by atoms with Gasteiger partial charge in [0.15, 0.2) is 0 Å². The summed E-state index contributed by atoms with van der Waals surface area (Å²) < 4.78 is 28.3. The van der Waals surface area contributed by atoms with E-state index >= 15 is 0 Å². The molecule has 1 aromatic rings. The van der Waals surface area contributed by atoms with Crippen LogP contribution in [0, 0.1) is 0 Å². The van der Waals surface area contributed by atoms with E-state index in [2.05, 4.69) is 21.0 Å². The second-order valence-corrected chi connectivity index (χ2v) is 5.50. The molecule has 0 radical (unpaired) electrons. The Labute approximate surface area is 112 Å². The zero-order valence-corrected chi connectivity index (χ0v) is 11.3. The Morgan fingerprint density at radius 1 is 1.33 bits per heavy atom. The van der Waals surface area contributed by atoms with Crippen LogP contribution in [0.4, 0.5) is 8.78 Å². The maximum Gasteiger partial charge on any atom is 0.248 e. The van der Waals surface area contributed by atoms with E-state index in [4.69, 9.17) is 5.11 Å². The van der Waals surface area contributed by atoms with Crippen molar-refractivity contribution in [1.82, 2.24) is 9.78 Å². The molecule has 7 heteroatoms. The molecule has 2 rings (SSSR count). The van der Waals surface area contributed by atoms with E-state index in [1.54, 1.807) is 6.07 Å². The quantitative estimate of drug-likeness (QED) is 0.894. The first kappa shape index (κ1) is 13.9. The number of aliphatic hydroxyl groups is 2. The van der Waals surface area contributed by atoms with Gasteiger partial charge in [0.1, 0.15) is 10.2 Å². The van der Waals surface area contributed by atoms with E-state index in [1.807, 2.05) is 0 Å². The van der Waals surface area contributed by atoms with Crippen molar-refractivity contribution in [2.45, 2.75) is 43.8 Å². The van der Waals surface area contributed by atoms with Crippen molar-refractivity contribution in [1.29, 1.82) is 0 Å². The number of halogens is 3. The van der Waals surface area contributed by atoms with E-state index in [-0.39, 0.29) is 38.8 Å². The van der Waals surface area contributed by atoms with Crippen LogP contribution in [0.2, 0.25) is 0 Å². The number of hydrogen-bond donors (Lipinski definition) is 2. The summed E-state index contributed by atoms with van der Waals surface area (Å²) in [5.41, 5.74) is -0.797. The summed E-state index contributed by atoms with van der Waals surface area (Å²) in [4.78, 5) is 0. The zero-order valence-electron chi connectivity index (χ0n) is 9.74. The highest BCUT2D eigenvalue weighted by molar-refractivity contribution is 9.10. The minimum Gasteiger partial charge on any atom is -0.394 e. The molecule has 0 bridgehead atoms. The standard InChI is InChI=1S/C11H15BrF2N2O2/c12-9-7-8(16(15-9)5-6-17)10(18)1-3-11(13,14)4-2-10/h7,17-18H,1-6H2. The molecular formula is C11H15BrF2N2O2. The van der Waals surface area contributed by atoms with Gasteiger partial charge in [0.05, 0.1) is 18.8 Å². The highest BCUT2D eigenvalue weighted by atomic mass is 79.9. The molecule has 1 aromatic heterocycles. The van der Waals surface area contributed by atoms with Crippen molar-refractivity contribution < 1.29 is 19.0 Å². The molecule has 1 fully saturated rings. The van der Waals surface area contributed by atoms with Gasteiger partial charge in [0.2, 0.25) is 5.92 Å². The van der Waals surface area contributed by atoms with Gasteiger partial charge in [-0.1, -0.05) is 0 Å². The normalized spacial score (nSPS) is 22.1. The highest BCUT2D eigenvalue weighted by Gasteiger charge is 2.44. The van der Waals surface area contributed by atoms with Gasteiger partial charge in [0.25, 0.3) is 0 Å².